The highest BCUT2D eigenvalue weighted by Gasteiger charge is 2.25. The first-order valence-electron chi connectivity index (χ1n) is 7.59. The summed E-state index contributed by atoms with van der Waals surface area (Å²) in [6, 6.07) is 5.00. The van der Waals surface area contributed by atoms with E-state index >= 15 is 0 Å². The summed E-state index contributed by atoms with van der Waals surface area (Å²) in [7, 11) is 3.05. The van der Waals surface area contributed by atoms with E-state index in [4.69, 9.17) is 4.74 Å². The van der Waals surface area contributed by atoms with E-state index < -0.39 is 6.61 Å². The van der Waals surface area contributed by atoms with Gasteiger partial charge in [-0.2, -0.15) is 8.78 Å². The fraction of sp³-hybridized carbons (Fsp3) is 0.562. The van der Waals surface area contributed by atoms with Gasteiger partial charge in [0.05, 0.1) is 13.0 Å². The quantitative estimate of drug-likeness (QED) is 0.870. The normalized spacial score (nSPS) is 18.7. The molecule has 1 fully saturated rings. The molecule has 23 heavy (non-hydrogen) atoms. The third-order valence-electron chi connectivity index (χ3n) is 3.97. The molecule has 0 aliphatic carbocycles. The third kappa shape index (κ3) is 4.79. The monoisotopic (exact) mass is 328 g/mol. The number of alkyl halides is 2. The molecule has 2 rings (SSSR count). The number of carbonyl (C=O) groups is 1. The van der Waals surface area contributed by atoms with Crippen LogP contribution in [-0.2, 0) is 11.3 Å². The summed E-state index contributed by atoms with van der Waals surface area (Å²) in [4.78, 5) is 13.9. The molecule has 1 aromatic rings. The maximum absolute atomic E-state index is 12.5. The van der Waals surface area contributed by atoms with Gasteiger partial charge in [-0.05, 0) is 37.1 Å². The standard InChI is InChI=1S/C16H22F2N2O3/c1-19-15(21)12-4-3-7-20(10-12)9-11-5-6-13(22-2)14(8-11)23-16(17)18/h5-6,8,12,16H,3-4,7,9-10H2,1-2H3,(H,19,21)/t12-/m1/s1. The van der Waals surface area contributed by atoms with Crippen molar-refractivity contribution >= 4 is 5.91 Å². The molecule has 1 heterocycles. The van der Waals surface area contributed by atoms with Crippen LogP contribution < -0.4 is 14.8 Å². The molecule has 0 bridgehead atoms. The number of halogens is 2. The Labute approximate surface area is 134 Å². The highest BCUT2D eigenvalue weighted by atomic mass is 19.3. The largest absolute Gasteiger partial charge is 0.493 e. The van der Waals surface area contributed by atoms with Crippen molar-refractivity contribution in [1.29, 1.82) is 0 Å². The number of nitrogens with zero attached hydrogens (tertiary/aromatic N) is 1. The zero-order chi connectivity index (χ0) is 16.8. The molecule has 0 unspecified atom stereocenters. The molecule has 0 saturated carbocycles. The molecule has 128 valence electrons. The van der Waals surface area contributed by atoms with E-state index in [-0.39, 0.29) is 23.3 Å². The van der Waals surface area contributed by atoms with Gasteiger partial charge < -0.3 is 14.8 Å². The Bertz CT molecular complexity index is 540. The third-order valence-corrected chi connectivity index (χ3v) is 3.97. The number of likely N-dealkylation sites (tertiary alicyclic amines) is 1. The summed E-state index contributed by atoms with van der Waals surface area (Å²) >= 11 is 0. The number of nitrogens with one attached hydrogen (secondary N) is 1. The van der Waals surface area contributed by atoms with E-state index in [9.17, 15) is 13.6 Å². The van der Waals surface area contributed by atoms with E-state index in [0.717, 1.165) is 24.9 Å². The number of ether oxygens (including phenoxy) is 2. The summed E-state index contributed by atoms with van der Waals surface area (Å²) in [5, 5.41) is 2.68. The maximum atomic E-state index is 12.5. The Morgan fingerprint density at radius 1 is 1.43 bits per heavy atom. The molecule has 1 atom stereocenters. The lowest BCUT2D eigenvalue weighted by atomic mass is 9.97. The minimum atomic E-state index is -2.90. The zero-order valence-corrected chi connectivity index (χ0v) is 13.4. The molecule has 1 aromatic carbocycles. The fourth-order valence-electron chi connectivity index (χ4n) is 2.88. The number of carbonyl (C=O) groups excluding carboxylic acids is 1. The van der Waals surface area contributed by atoms with Gasteiger partial charge in [-0.25, -0.2) is 0 Å². The SMILES string of the molecule is CNC(=O)[C@@H]1CCCN(Cc2ccc(OC)c(OC(F)F)c2)C1. The smallest absolute Gasteiger partial charge is 0.387 e. The van der Waals surface area contributed by atoms with Crippen molar-refractivity contribution < 1.29 is 23.0 Å². The molecular weight excluding hydrogens is 306 g/mol. The van der Waals surface area contributed by atoms with Crippen LogP contribution >= 0.6 is 0 Å². The predicted octanol–water partition coefficient (Wildman–Crippen LogP) is 2.25. The molecule has 5 nitrogen and oxygen atoms in total. The molecule has 1 amide bonds. The lowest BCUT2D eigenvalue weighted by Crippen LogP contribution is -2.41. The number of piperidine rings is 1. The average molecular weight is 328 g/mol. The van der Waals surface area contributed by atoms with Crippen LogP contribution in [0.15, 0.2) is 18.2 Å². The van der Waals surface area contributed by atoms with Gasteiger partial charge in [0.15, 0.2) is 11.5 Å². The first-order chi connectivity index (χ1) is 11.0. The van der Waals surface area contributed by atoms with Crippen molar-refractivity contribution in [2.75, 3.05) is 27.2 Å². The topological polar surface area (TPSA) is 50.8 Å². The van der Waals surface area contributed by atoms with Crippen molar-refractivity contribution in [2.45, 2.75) is 26.0 Å². The maximum Gasteiger partial charge on any atom is 0.387 e. The number of methoxy groups -OCH3 is 1. The second kappa shape index (κ2) is 8.10. The van der Waals surface area contributed by atoms with Gasteiger partial charge in [-0.3, -0.25) is 9.69 Å². The minimum Gasteiger partial charge on any atom is -0.493 e. The van der Waals surface area contributed by atoms with E-state index in [1.807, 2.05) is 6.07 Å². The van der Waals surface area contributed by atoms with Crippen molar-refractivity contribution in [3.05, 3.63) is 23.8 Å². The van der Waals surface area contributed by atoms with Crippen LogP contribution in [0.25, 0.3) is 0 Å². The van der Waals surface area contributed by atoms with Crippen LogP contribution in [0, 0.1) is 5.92 Å². The molecular formula is C16H22F2N2O3. The Hall–Kier alpha value is -1.89. The predicted molar refractivity (Wildman–Crippen MR) is 81.7 cm³/mol. The first-order valence-corrected chi connectivity index (χ1v) is 7.59. The van der Waals surface area contributed by atoms with Gasteiger partial charge in [0.1, 0.15) is 0 Å². The van der Waals surface area contributed by atoms with Gasteiger partial charge in [0.25, 0.3) is 0 Å². The molecule has 0 aromatic heterocycles. The van der Waals surface area contributed by atoms with Crippen molar-refractivity contribution in [3.8, 4) is 11.5 Å². The van der Waals surface area contributed by atoms with Crippen LogP contribution in [0.4, 0.5) is 8.78 Å². The Morgan fingerprint density at radius 2 is 2.22 bits per heavy atom. The summed E-state index contributed by atoms with van der Waals surface area (Å²) < 4.78 is 34.5. The van der Waals surface area contributed by atoms with Crippen molar-refractivity contribution in [3.63, 3.8) is 0 Å². The van der Waals surface area contributed by atoms with E-state index in [2.05, 4.69) is 15.0 Å². The molecule has 0 radical (unpaired) electrons. The summed E-state index contributed by atoms with van der Waals surface area (Å²) in [5.41, 5.74) is 0.846. The Morgan fingerprint density at radius 3 is 2.87 bits per heavy atom. The van der Waals surface area contributed by atoms with Gasteiger partial charge in [-0.1, -0.05) is 6.07 Å². The van der Waals surface area contributed by atoms with E-state index in [0.29, 0.717) is 13.1 Å². The van der Waals surface area contributed by atoms with Crippen molar-refractivity contribution in [1.82, 2.24) is 10.2 Å². The van der Waals surface area contributed by atoms with E-state index in [1.54, 1.807) is 19.2 Å². The summed E-state index contributed by atoms with van der Waals surface area (Å²) in [6.07, 6.45) is 1.81. The second-order valence-electron chi connectivity index (χ2n) is 5.55. The van der Waals surface area contributed by atoms with Crippen molar-refractivity contribution in [2.24, 2.45) is 5.92 Å². The lowest BCUT2D eigenvalue weighted by molar-refractivity contribution is -0.126. The first kappa shape index (κ1) is 17.5. The van der Waals surface area contributed by atoms with Gasteiger partial charge in [-0.15, -0.1) is 0 Å². The molecule has 1 N–H and O–H groups in total. The van der Waals surface area contributed by atoms with Crippen LogP contribution in [0.3, 0.4) is 0 Å². The van der Waals surface area contributed by atoms with Gasteiger partial charge in [0, 0.05) is 20.1 Å². The van der Waals surface area contributed by atoms with Crippen LogP contribution in [0.2, 0.25) is 0 Å². The summed E-state index contributed by atoms with van der Waals surface area (Å²) in [5.74, 6) is 0.325. The second-order valence-corrected chi connectivity index (χ2v) is 5.55. The van der Waals surface area contributed by atoms with E-state index in [1.165, 1.54) is 7.11 Å². The highest BCUT2D eigenvalue weighted by Crippen LogP contribution is 2.30. The Kier molecular flexibility index (Phi) is 6.15. The minimum absolute atomic E-state index is 0.0243. The van der Waals surface area contributed by atoms with Gasteiger partial charge >= 0.3 is 6.61 Å². The molecule has 1 aliphatic heterocycles. The van der Waals surface area contributed by atoms with Crippen LogP contribution in [-0.4, -0.2) is 44.7 Å². The van der Waals surface area contributed by atoms with Crippen LogP contribution in [0.5, 0.6) is 11.5 Å². The number of benzene rings is 1. The number of amides is 1. The molecule has 7 heteroatoms. The highest BCUT2D eigenvalue weighted by molar-refractivity contribution is 5.78. The lowest BCUT2D eigenvalue weighted by Gasteiger charge is -2.31. The Balaban J connectivity index is 2.05. The van der Waals surface area contributed by atoms with Crippen LogP contribution in [0.1, 0.15) is 18.4 Å². The zero-order valence-electron chi connectivity index (χ0n) is 13.4. The number of rotatable bonds is 6. The average Bonchev–Trinajstić information content (AvgIpc) is 2.54. The number of hydrogen-bond acceptors (Lipinski definition) is 4. The molecule has 1 aliphatic rings. The molecule has 0 spiro atoms. The molecule has 1 saturated heterocycles. The fourth-order valence-corrected chi connectivity index (χ4v) is 2.88. The number of hydrogen-bond donors (Lipinski definition) is 1. The van der Waals surface area contributed by atoms with Gasteiger partial charge in [0.2, 0.25) is 5.91 Å². The summed E-state index contributed by atoms with van der Waals surface area (Å²) in [6.45, 7) is -0.773.